The van der Waals surface area contributed by atoms with E-state index in [1.807, 2.05) is 44.3 Å². The molecule has 0 aliphatic heterocycles. The lowest BCUT2D eigenvalue weighted by atomic mass is 10.3. The van der Waals surface area contributed by atoms with E-state index in [9.17, 15) is 0 Å². The molecule has 0 unspecified atom stereocenters. The van der Waals surface area contributed by atoms with Crippen molar-refractivity contribution in [1.82, 2.24) is 10.3 Å². The van der Waals surface area contributed by atoms with Gasteiger partial charge in [0.1, 0.15) is 5.76 Å². The van der Waals surface area contributed by atoms with E-state index in [0.717, 1.165) is 24.4 Å². The molecule has 0 atom stereocenters. The standard InChI is InChI=1S/C14H18N2O2/c1-11(2)18-14-6-5-12(9-16-14)8-15-10-13-4-3-7-17-13/h3-7,9,11,15H,8,10H2,1-2H3. The van der Waals surface area contributed by atoms with Crippen LogP contribution in [0.5, 0.6) is 5.88 Å². The summed E-state index contributed by atoms with van der Waals surface area (Å²) in [6.07, 6.45) is 3.66. The molecule has 2 rings (SSSR count). The third-order valence-electron chi connectivity index (χ3n) is 2.36. The number of hydrogen-bond donors (Lipinski definition) is 1. The number of ether oxygens (including phenoxy) is 1. The number of hydrogen-bond acceptors (Lipinski definition) is 4. The summed E-state index contributed by atoms with van der Waals surface area (Å²) in [4.78, 5) is 4.25. The molecular formula is C14H18N2O2. The number of rotatable bonds is 6. The van der Waals surface area contributed by atoms with Crippen molar-refractivity contribution in [2.75, 3.05) is 0 Å². The summed E-state index contributed by atoms with van der Waals surface area (Å²) in [5.74, 6) is 1.60. The highest BCUT2D eigenvalue weighted by molar-refractivity contribution is 5.17. The molecule has 0 aliphatic rings. The molecular weight excluding hydrogens is 228 g/mol. The summed E-state index contributed by atoms with van der Waals surface area (Å²) in [6.45, 7) is 5.45. The van der Waals surface area contributed by atoms with Gasteiger partial charge in [0.25, 0.3) is 0 Å². The maximum Gasteiger partial charge on any atom is 0.213 e. The van der Waals surface area contributed by atoms with Crippen LogP contribution in [-0.4, -0.2) is 11.1 Å². The Kier molecular flexibility index (Phi) is 4.36. The normalized spacial score (nSPS) is 10.8. The molecule has 0 saturated heterocycles. The molecule has 0 aliphatic carbocycles. The van der Waals surface area contributed by atoms with Crippen molar-refractivity contribution in [2.24, 2.45) is 0 Å². The fraction of sp³-hybridized carbons (Fsp3) is 0.357. The summed E-state index contributed by atoms with van der Waals surface area (Å²) in [5.41, 5.74) is 1.12. The molecule has 2 aromatic heterocycles. The van der Waals surface area contributed by atoms with E-state index >= 15 is 0 Å². The van der Waals surface area contributed by atoms with Crippen molar-refractivity contribution in [3.63, 3.8) is 0 Å². The second kappa shape index (κ2) is 6.21. The largest absolute Gasteiger partial charge is 0.475 e. The van der Waals surface area contributed by atoms with Crippen LogP contribution >= 0.6 is 0 Å². The molecule has 18 heavy (non-hydrogen) atoms. The van der Waals surface area contributed by atoms with Gasteiger partial charge in [-0.25, -0.2) is 4.98 Å². The molecule has 2 heterocycles. The van der Waals surface area contributed by atoms with Crippen LogP contribution in [0, 0.1) is 0 Å². The van der Waals surface area contributed by atoms with Crippen LogP contribution < -0.4 is 10.1 Å². The Bertz CT molecular complexity index is 449. The fourth-order valence-corrected chi connectivity index (χ4v) is 1.57. The highest BCUT2D eigenvalue weighted by atomic mass is 16.5. The van der Waals surface area contributed by atoms with Crippen molar-refractivity contribution in [3.8, 4) is 5.88 Å². The van der Waals surface area contributed by atoms with Gasteiger partial charge < -0.3 is 14.5 Å². The van der Waals surface area contributed by atoms with E-state index in [1.54, 1.807) is 6.26 Å². The van der Waals surface area contributed by atoms with E-state index in [1.165, 1.54) is 0 Å². The molecule has 96 valence electrons. The van der Waals surface area contributed by atoms with E-state index in [4.69, 9.17) is 9.15 Å². The SMILES string of the molecule is CC(C)Oc1ccc(CNCc2ccco2)cn1. The van der Waals surface area contributed by atoms with Crippen LogP contribution in [0.4, 0.5) is 0 Å². The molecule has 2 aromatic rings. The summed E-state index contributed by atoms with van der Waals surface area (Å²) in [7, 11) is 0. The molecule has 4 nitrogen and oxygen atoms in total. The Balaban J connectivity index is 1.79. The lowest BCUT2D eigenvalue weighted by Crippen LogP contribution is -2.12. The Labute approximate surface area is 107 Å². The molecule has 0 radical (unpaired) electrons. The number of nitrogens with one attached hydrogen (secondary N) is 1. The second-order valence-corrected chi connectivity index (χ2v) is 4.35. The van der Waals surface area contributed by atoms with Crippen LogP contribution in [0.25, 0.3) is 0 Å². The topological polar surface area (TPSA) is 47.3 Å². The van der Waals surface area contributed by atoms with Crippen molar-refractivity contribution < 1.29 is 9.15 Å². The van der Waals surface area contributed by atoms with Gasteiger partial charge in [-0.1, -0.05) is 6.07 Å². The smallest absolute Gasteiger partial charge is 0.213 e. The van der Waals surface area contributed by atoms with Crippen LogP contribution in [0.1, 0.15) is 25.2 Å². The number of pyridine rings is 1. The molecule has 0 bridgehead atoms. The maximum absolute atomic E-state index is 5.49. The highest BCUT2D eigenvalue weighted by Crippen LogP contribution is 2.09. The average molecular weight is 246 g/mol. The number of nitrogens with zero attached hydrogens (tertiary/aromatic N) is 1. The molecule has 0 fully saturated rings. The predicted molar refractivity (Wildman–Crippen MR) is 69.3 cm³/mol. The number of aromatic nitrogens is 1. The Morgan fingerprint density at radius 3 is 2.78 bits per heavy atom. The van der Waals surface area contributed by atoms with Gasteiger partial charge in [-0.15, -0.1) is 0 Å². The van der Waals surface area contributed by atoms with Gasteiger partial charge >= 0.3 is 0 Å². The van der Waals surface area contributed by atoms with Gasteiger partial charge in [-0.2, -0.15) is 0 Å². The van der Waals surface area contributed by atoms with E-state index in [-0.39, 0.29) is 6.10 Å². The quantitative estimate of drug-likeness (QED) is 0.851. The van der Waals surface area contributed by atoms with Crippen molar-refractivity contribution in [2.45, 2.75) is 33.0 Å². The first-order chi connectivity index (χ1) is 8.74. The van der Waals surface area contributed by atoms with Gasteiger partial charge in [-0.05, 0) is 31.5 Å². The van der Waals surface area contributed by atoms with Crippen LogP contribution in [0.2, 0.25) is 0 Å². The first-order valence-electron chi connectivity index (χ1n) is 6.09. The van der Waals surface area contributed by atoms with Gasteiger partial charge in [0.05, 0.1) is 18.9 Å². The summed E-state index contributed by atoms with van der Waals surface area (Å²) >= 11 is 0. The van der Waals surface area contributed by atoms with Gasteiger partial charge in [0.2, 0.25) is 5.88 Å². The third kappa shape index (κ3) is 3.89. The lowest BCUT2D eigenvalue weighted by Gasteiger charge is -2.09. The summed E-state index contributed by atoms with van der Waals surface area (Å²) in [6, 6.07) is 7.74. The first-order valence-corrected chi connectivity index (χ1v) is 6.09. The third-order valence-corrected chi connectivity index (χ3v) is 2.36. The van der Waals surface area contributed by atoms with Gasteiger partial charge in [0.15, 0.2) is 0 Å². The predicted octanol–water partition coefficient (Wildman–Crippen LogP) is 2.75. The molecule has 1 N–H and O–H groups in total. The zero-order valence-electron chi connectivity index (χ0n) is 10.7. The first kappa shape index (κ1) is 12.6. The van der Waals surface area contributed by atoms with Crippen molar-refractivity contribution in [1.29, 1.82) is 0 Å². The van der Waals surface area contributed by atoms with Crippen LogP contribution in [0.15, 0.2) is 41.1 Å². The lowest BCUT2D eigenvalue weighted by molar-refractivity contribution is 0.232. The Hall–Kier alpha value is -1.81. The zero-order chi connectivity index (χ0) is 12.8. The van der Waals surface area contributed by atoms with E-state index < -0.39 is 0 Å². The maximum atomic E-state index is 5.49. The van der Waals surface area contributed by atoms with Crippen molar-refractivity contribution >= 4 is 0 Å². The van der Waals surface area contributed by atoms with Crippen LogP contribution in [0.3, 0.4) is 0 Å². The Morgan fingerprint density at radius 1 is 1.28 bits per heavy atom. The molecule has 0 spiro atoms. The van der Waals surface area contributed by atoms with Gasteiger partial charge in [0, 0.05) is 18.8 Å². The fourth-order valence-electron chi connectivity index (χ4n) is 1.57. The molecule has 4 heteroatoms. The van der Waals surface area contributed by atoms with Crippen molar-refractivity contribution in [3.05, 3.63) is 48.0 Å². The summed E-state index contributed by atoms with van der Waals surface area (Å²) in [5, 5.41) is 3.29. The average Bonchev–Trinajstić information content (AvgIpc) is 2.84. The van der Waals surface area contributed by atoms with Gasteiger partial charge in [-0.3, -0.25) is 0 Å². The summed E-state index contributed by atoms with van der Waals surface area (Å²) < 4.78 is 10.7. The van der Waals surface area contributed by atoms with E-state index in [0.29, 0.717) is 5.88 Å². The Morgan fingerprint density at radius 2 is 2.17 bits per heavy atom. The monoisotopic (exact) mass is 246 g/mol. The minimum Gasteiger partial charge on any atom is -0.475 e. The highest BCUT2D eigenvalue weighted by Gasteiger charge is 2.00. The van der Waals surface area contributed by atoms with Crippen LogP contribution in [-0.2, 0) is 13.1 Å². The van der Waals surface area contributed by atoms with E-state index in [2.05, 4.69) is 10.3 Å². The molecule has 0 saturated carbocycles. The minimum absolute atomic E-state index is 0.153. The minimum atomic E-state index is 0.153. The zero-order valence-corrected chi connectivity index (χ0v) is 10.7. The number of furan rings is 1. The second-order valence-electron chi connectivity index (χ2n) is 4.35. The molecule has 0 amide bonds. The molecule has 0 aromatic carbocycles.